The zero-order valence-corrected chi connectivity index (χ0v) is 13.6. The van der Waals surface area contributed by atoms with Gasteiger partial charge >= 0.3 is 0 Å². The van der Waals surface area contributed by atoms with Gasteiger partial charge < -0.3 is 5.32 Å². The van der Waals surface area contributed by atoms with E-state index < -0.39 is 0 Å². The molecule has 0 spiro atoms. The van der Waals surface area contributed by atoms with Gasteiger partial charge in [-0.2, -0.15) is 0 Å². The standard InChI is InChI=1S/C15H18BrNS/c1-9-5-13(16)8-14(6-9)17-11(3)15-7-10(2)18-12(15)4/h5-8,11,17H,1-4H3. The monoisotopic (exact) mass is 323 g/mol. The Hall–Kier alpha value is -0.800. The summed E-state index contributed by atoms with van der Waals surface area (Å²) in [5, 5.41) is 3.57. The molecule has 0 radical (unpaired) electrons. The molecular weight excluding hydrogens is 306 g/mol. The summed E-state index contributed by atoms with van der Waals surface area (Å²) in [6.07, 6.45) is 0. The number of nitrogens with one attached hydrogen (secondary N) is 1. The van der Waals surface area contributed by atoms with Crippen LogP contribution in [0.25, 0.3) is 0 Å². The average Bonchev–Trinajstić information content (AvgIpc) is 2.56. The molecule has 0 amide bonds. The summed E-state index contributed by atoms with van der Waals surface area (Å²) in [6, 6.07) is 9.04. The second-order valence-electron chi connectivity index (χ2n) is 4.75. The lowest BCUT2D eigenvalue weighted by Gasteiger charge is -2.16. The molecule has 0 aliphatic carbocycles. The third-order valence-corrected chi connectivity index (χ3v) is 4.41. The van der Waals surface area contributed by atoms with Crippen molar-refractivity contribution in [1.29, 1.82) is 0 Å². The summed E-state index contributed by atoms with van der Waals surface area (Å²) in [5.74, 6) is 0. The van der Waals surface area contributed by atoms with Gasteiger partial charge in [-0.25, -0.2) is 0 Å². The fourth-order valence-electron chi connectivity index (χ4n) is 2.23. The van der Waals surface area contributed by atoms with Crippen molar-refractivity contribution in [3.05, 3.63) is 49.6 Å². The number of hydrogen-bond acceptors (Lipinski definition) is 2. The molecule has 0 aliphatic heterocycles. The number of benzene rings is 1. The first-order valence-electron chi connectivity index (χ1n) is 6.06. The van der Waals surface area contributed by atoms with Crippen molar-refractivity contribution in [2.45, 2.75) is 33.7 Å². The van der Waals surface area contributed by atoms with Crippen molar-refractivity contribution in [2.75, 3.05) is 5.32 Å². The van der Waals surface area contributed by atoms with E-state index in [0.717, 1.165) is 10.2 Å². The molecule has 96 valence electrons. The predicted molar refractivity (Wildman–Crippen MR) is 84.7 cm³/mol. The van der Waals surface area contributed by atoms with Crippen LogP contribution in [-0.2, 0) is 0 Å². The molecule has 1 heterocycles. The summed E-state index contributed by atoms with van der Waals surface area (Å²) in [4.78, 5) is 2.78. The Morgan fingerprint density at radius 3 is 2.39 bits per heavy atom. The van der Waals surface area contributed by atoms with Gasteiger partial charge in [-0.05, 0) is 63.1 Å². The van der Waals surface area contributed by atoms with E-state index in [1.165, 1.54) is 20.9 Å². The molecule has 1 aromatic heterocycles. The zero-order chi connectivity index (χ0) is 13.3. The first-order chi connectivity index (χ1) is 8.45. The Balaban J connectivity index is 2.20. The number of aryl methyl sites for hydroxylation is 3. The Morgan fingerprint density at radius 1 is 1.11 bits per heavy atom. The molecule has 1 N–H and O–H groups in total. The first-order valence-corrected chi connectivity index (χ1v) is 7.67. The molecule has 0 saturated carbocycles. The lowest BCUT2D eigenvalue weighted by Crippen LogP contribution is -2.06. The zero-order valence-electron chi connectivity index (χ0n) is 11.2. The van der Waals surface area contributed by atoms with Crippen LogP contribution in [0.5, 0.6) is 0 Å². The van der Waals surface area contributed by atoms with Crippen LogP contribution in [0.15, 0.2) is 28.7 Å². The Bertz CT molecular complexity index is 539. The van der Waals surface area contributed by atoms with Crippen molar-refractivity contribution < 1.29 is 0 Å². The molecule has 1 aromatic carbocycles. The van der Waals surface area contributed by atoms with Crippen LogP contribution in [0.4, 0.5) is 5.69 Å². The van der Waals surface area contributed by atoms with E-state index >= 15 is 0 Å². The van der Waals surface area contributed by atoms with Crippen LogP contribution in [0.3, 0.4) is 0 Å². The fourth-order valence-corrected chi connectivity index (χ4v) is 3.86. The number of anilines is 1. The molecule has 2 aromatic rings. The lowest BCUT2D eigenvalue weighted by atomic mass is 10.1. The van der Waals surface area contributed by atoms with Gasteiger partial charge in [0.05, 0.1) is 0 Å². The van der Waals surface area contributed by atoms with E-state index in [1.807, 2.05) is 11.3 Å². The number of hydrogen-bond donors (Lipinski definition) is 1. The van der Waals surface area contributed by atoms with Crippen LogP contribution in [0.1, 0.15) is 33.8 Å². The molecule has 0 bridgehead atoms. The highest BCUT2D eigenvalue weighted by atomic mass is 79.9. The van der Waals surface area contributed by atoms with Gasteiger partial charge in [0.1, 0.15) is 0 Å². The van der Waals surface area contributed by atoms with E-state index in [0.29, 0.717) is 6.04 Å². The molecule has 0 aliphatic rings. The smallest absolute Gasteiger partial charge is 0.0496 e. The van der Waals surface area contributed by atoms with E-state index in [2.05, 4.69) is 73.2 Å². The second kappa shape index (κ2) is 5.45. The molecule has 1 unspecified atom stereocenters. The summed E-state index contributed by atoms with van der Waals surface area (Å²) < 4.78 is 1.12. The molecule has 0 fully saturated rings. The highest BCUT2D eigenvalue weighted by Crippen LogP contribution is 2.29. The predicted octanol–water partition coefficient (Wildman–Crippen LogP) is 5.61. The minimum absolute atomic E-state index is 0.337. The van der Waals surface area contributed by atoms with Gasteiger partial charge in [-0.1, -0.05) is 15.9 Å². The quantitative estimate of drug-likeness (QED) is 0.774. The maximum absolute atomic E-state index is 3.57. The van der Waals surface area contributed by atoms with Crippen LogP contribution >= 0.6 is 27.3 Å². The Morgan fingerprint density at radius 2 is 1.83 bits per heavy atom. The minimum atomic E-state index is 0.337. The van der Waals surface area contributed by atoms with E-state index in [1.54, 1.807) is 0 Å². The lowest BCUT2D eigenvalue weighted by molar-refractivity contribution is 0.881. The fraction of sp³-hybridized carbons (Fsp3) is 0.333. The van der Waals surface area contributed by atoms with Crippen LogP contribution in [-0.4, -0.2) is 0 Å². The molecule has 2 rings (SSSR count). The van der Waals surface area contributed by atoms with E-state index in [9.17, 15) is 0 Å². The minimum Gasteiger partial charge on any atom is -0.378 e. The van der Waals surface area contributed by atoms with Gasteiger partial charge in [0.15, 0.2) is 0 Å². The first kappa shape index (κ1) is 13.6. The van der Waals surface area contributed by atoms with Gasteiger partial charge in [0.2, 0.25) is 0 Å². The van der Waals surface area contributed by atoms with E-state index in [-0.39, 0.29) is 0 Å². The third kappa shape index (κ3) is 3.15. The Labute approximate surface area is 121 Å². The summed E-state index contributed by atoms with van der Waals surface area (Å²) in [6.45, 7) is 8.68. The number of rotatable bonds is 3. The topological polar surface area (TPSA) is 12.0 Å². The largest absolute Gasteiger partial charge is 0.378 e. The van der Waals surface area contributed by atoms with Crippen molar-refractivity contribution in [3.8, 4) is 0 Å². The highest BCUT2D eigenvalue weighted by molar-refractivity contribution is 9.10. The molecule has 18 heavy (non-hydrogen) atoms. The van der Waals surface area contributed by atoms with Crippen molar-refractivity contribution in [1.82, 2.24) is 0 Å². The third-order valence-electron chi connectivity index (χ3n) is 2.97. The molecule has 1 atom stereocenters. The van der Waals surface area contributed by atoms with Crippen LogP contribution in [0.2, 0.25) is 0 Å². The maximum atomic E-state index is 3.57. The second-order valence-corrected chi connectivity index (χ2v) is 7.13. The summed E-state index contributed by atoms with van der Waals surface area (Å²) in [7, 11) is 0. The van der Waals surface area contributed by atoms with E-state index in [4.69, 9.17) is 0 Å². The average molecular weight is 324 g/mol. The molecule has 1 nitrogen and oxygen atoms in total. The van der Waals surface area contributed by atoms with Gasteiger partial charge in [-0.15, -0.1) is 11.3 Å². The highest BCUT2D eigenvalue weighted by Gasteiger charge is 2.11. The SMILES string of the molecule is Cc1cc(Br)cc(NC(C)c2cc(C)sc2C)c1. The molecule has 0 saturated heterocycles. The summed E-state index contributed by atoms with van der Waals surface area (Å²) >= 11 is 5.40. The van der Waals surface area contributed by atoms with Gasteiger partial charge in [0.25, 0.3) is 0 Å². The molecular formula is C15H18BrNS. The Kier molecular flexibility index (Phi) is 4.13. The van der Waals surface area contributed by atoms with Gasteiger partial charge in [0, 0.05) is 26.0 Å². The van der Waals surface area contributed by atoms with Crippen LogP contribution in [0, 0.1) is 20.8 Å². The number of thiophene rings is 1. The maximum Gasteiger partial charge on any atom is 0.0496 e. The number of halogens is 1. The molecule has 3 heteroatoms. The van der Waals surface area contributed by atoms with Crippen molar-refractivity contribution in [3.63, 3.8) is 0 Å². The van der Waals surface area contributed by atoms with Crippen molar-refractivity contribution in [2.24, 2.45) is 0 Å². The van der Waals surface area contributed by atoms with Crippen molar-refractivity contribution >= 4 is 33.0 Å². The van der Waals surface area contributed by atoms with Crippen LogP contribution < -0.4 is 5.32 Å². The summed E-state index contributed by atoms with van der Waals surface area (Å²) in [5.41, 5.74) is 3.82. The normalized spacial score (nSPS) is 12.5. The van der Waals surface area contributed by atoms with Gasteiger partial charge in [-0.3, -0.25) is 0 Å².